The van der Waals surface area contributed by atoms with Gasteiger partial charge in [-0.15, -0.1) is 0 Å². The predicted octanol–water partition coefficient (Wildman–Crippen LogP) is 1.47. The summed E-state index contributed by atoms with van der Waals surface area (Å²) in [6, 6.07) is 3.37. The number of carbonyl (C=O) groups excluding carboxylic acids is 2. The van der Waals surface area contributed by atoms with Crippen LogP contribution in [0.5, 0.6) is 0 Å². The molecule has 1 aromatic rings. The molecule has 0 fully saturated rings. The number of methoxy groups -OCH3 is 2. The largest absolute Gasteiger partial charge is 0.468 e. The number of ether oxygens (including phenoxy) is 2. The van der Waals surface area contributed by atoms with Gasteiger partial charge in [0.05, 0.1) is 19.9 Å². The molecule has 5 nitrogen and oxygen atoms in total. The quantitative estimate of drug-likeness (QED) is 0.596. The third kappa shape index (κ3) is 1.82. The van der Waals surface area contributed by atoms with Crippen molar-refractivity contribution in [2.45, 2.75) is 18.3 Å². The summed E-state index contributed by atoms with van der Waals surface area (Å²) in [4.78, 5) is 28.6. The third-order valence-corrected chi connectivity index (χ3v) is 3.47. The minimum atomic E-state index is -1.44. The number of aromatic nitrogens is 1. The molecular formula is C14H15NO4. The molecule has 2 rings (SSSR count). The lowest BCUT2D eigenvalue weighted by Crippen LogP contribution is -2.47. The number of esters is 2. The van der Waals surface area contributed by atoms with Crippen molar-refractivity contribution in [1.82, 2.24) is 4.98 Å². The van der Waals surface area contributed by atoms with Crippen molar-refractivity contribution in [3.05, 3.63) is 36.2 Å². The Kier molecular flexibility index (Phi) is 3.38. The second-order valence-electron chi connectivity index (χ2n) is 4.39. The summed E-state index contributed by atoms with van der Waals surface area (Å²) in [7, 11) is 2.51. The lowest BCUT2D eigenvalue weighted by Gasteiger charge is -2.33. The van der Waals surface area contributed by atoms with Gasteiger partial charge in [0.25, 0.3) is 0 Å². The number of carbonyl (C=O) groups is 2. The molecular weight excluding hydrogens is 246 g/mol. The molecule has 0 N–H and O–H groups in total. The molecule has 0 amide bonds. The van der Waals surface area contributed by atoms with Crippen molar-refractivity contribution in [3.63, 3.8) is 0 Å². The van der Waals surface area contributed by atoms with Crippen LogP contribution in [0.1, 0.15) is 24.1 Å². The first kappa shape index (κ1) is 13.3. The number of fused-ring (bicyclic) bond motifs is 1. The number of hydrogen-bond donors (Lipinski definition) is 0. The van der Waals surface area contributed by atoms with E-state index in [0.717, 1.165) is 5.57 Å². The average Bonchev–Trinajstić information content (AvgIpc) is 2.47. The Bertz CT molecular complexity index is 534. The molecule has 1 aromatic heterocycles. The fraction of sp³-hybridized carbons (Fsp3) is 0.357. The molecule has 0 bridgehead atoms. The summed E-state index contributed by atoms with van der Waals surface area (Å²) < 4.78 is 9.62. The molecule has 0 aromatic carbocycles. The second kappa shape index (κ2) is 4.84. The van der Waals surface area contributed by atoms with Gasteiger partial charge in [-0.2, -0.15) is 0 Å². The maximum atomic E-state index is 12.2. The Hall–Kier alpha value is -2.17. The van der Waals surface area contributed by atoms with Crippen LogP contribution in [0, 0.1) is 0 Å². The minimum absolute atomic E-state index is 0.282. The normalized spacial score (nSPS) is 16.4. The molecule has 1 aliphatic rings. The molecule has 100 valence electrons. The SMILES string of the molecule is C=C1CCC(C(=O)OC)(C(=O)OC)c2cccnc21. The molecule has 1 aliphatic carbocycles. The molecule has 0 atom stereocenters. The van der Waals surface area contributed by atoms with E-state index in [-0.39, 0.29) is 6.42 Å². The monoisotopic (exact) mass is 261 g/mol. The zero-order chi connectivity index (χ0) is 14.0. The summed E-state index contributed by atoms with van der Waals surface area (Å²) in [5.41, 5.74) is 0.447. The van der Waals surface area contributed by atoms with Gasteiger partial charge < -0.3 is 9.47 Å². The fourth-order valence-electron chi connectivity index (χ4n) is 2.48. The van der Waals surface area contributed by atoms with Crippen LogP contribution in [0.15, 0.2) is 24.9 Å². The van der Waals surface area contributed by atoms with Gasteiger partial charge >= 0.3 is 11.9 Å². The van der Waals surface area contributed by atoms with Crippen molar-refractivity contribution < 1.29 is 19.1 Å². The Morgan fingerprint density at radius 2 is 1.95 bits per heavy atom. The Labute approximate surface area is 111 Å². The van der Waals surface area contributed by atoms with Crippen LogP contribution in [0.3, 0.4) is 0 Å². The van der Waals surface area contributed by atoms with Crippen LogP contribution in [-0.4, -0.2) is 31.1 Å². The highest BCUT2D eigenvalue weighted by Gasteiger charge is 2.53. The lowest BCUT2D eigenvalue weighted by atomic mass is 9.70. The van der Waals surface area contributed by atoms with Crippen LogP contribution in [0.2, 0.25) is 0 Å². The highest BCUT2D eigenvalue weighted by Crippen LogP contribution is 2.42. The van der Waals surface area contributed by atoms with E-state index in [1.807, 2.05) is 0 Å². The van der Waals surface area contributed by atoms with Crippen molar-refractivity contribution in [3.8, 4) is 0 Å². The van der Waals surface area contributed by atoms with Crippen molar-refractivity contribution in [1.29, 1.82) is 0 Å². The van der Waals surface area contributed by atoms with Gasteiger partial charge in [0.15, 0.2) is 5.41 Å². The third-order valence-electron chi connectivity index (χ3n) is 3.47. The Morgan fingerprint density at radius 1 is 1.32 bits per heavy atom. The first-order valence-corrected chi connectivity index (χ1v) is 5.88. The van der Waals surface area contributed by atoms with Crippen LogP contribution in [0.4, 0.5) is 0 Å². The summed E-state index contributed by atoms with van der Waals surface area (Å²) in [6.45, 7) is 3.92. The minimum Gasteiger partial charge on any atom is -0.468 e. The van der Waals surface area contributed by atoms with Gasteiger partial charge in [0, 0.05) is 11.8 Å². The number of hydrogen-bond acceptors (Lipinski definition) is 5. The summed E-state index contributed by atoms with van der Waals surface area (Å²) in [5, 5.41) is 0. The standard InChI is InChI=1S/C14H15NO4/c1-9-6-7-14(12(16)18-2,13(17)19-3)10-5-4-8-15-11(9)10/h4-5,8H,1,6-7H2,2-3H3. The molecule has 0 radical (unpaired) electrons. The summed E-state index contributed by atoms with van der Waals surface area (Å²) >= 11 is 0. The van der Waals surface area contributed by atoms with Crippen molar-refractivity contribution in [2.75, 3.05) is 14.2 Å². The van der Waals surface area contributed by atoms with Crippen LogP contribution in [-0.2, 0) is 24.5 Å². The van der Waals surface area contributed by atoms with Gasteiger partial charge in [-0.1, -0.05) is 12.6 Å². The summed E-state index contributed by atoms with van der Waals surface area (Å²) in [5.74, 6) is -1.25. The van der Waals surface area contributed by atoms with Gasteiger partial charge in [0.2, 0.25) is 0 Å². The number of nitrogens with zero attached hydrogens (tertiary/aromatic N) is 1. The topological polar surface area (TPSA) is 65.5 Å². The van der Waals surface area contributed by atoms with E-state index in [0.29, 0.717) is 17.7 Å². The van der Waals surface area contributed by atoms with Crippen LogP contribution >= 0.6 is 0 Å². The molecule has 0 unspecified atom stereocenters. The molecule has 5 heteroatoms. The molecule has 0 aliphatic heterocycles. The Balaban J connectivity index is 2.70. The van der Waals surface area contributed by atoms with E-state index in [9.17, 15) is 9.59 Å². The van der Waals surface area contributed by atoms with Crippen LogP contribution < -0.4 is 0 Å². The van der Waals surface area contributed by atoms with Crippen molar-refractivity contribution in [2.24, 2.45) is 0 Å². The zero-order valence-corrected chi connectivity index (χ0v) is 10.9. The lowest BCUT2D eigenvalue weighted by molar-refractivity contribution is -0.162. The number of rotatable bonds is 2. The fourth-order valence-corrected chi connectivity index (χ4v) is 2.48. The van der Waals surface area contributed by atoms with Crippen LogP contribution in [0.25, 0.3) is 5.57 Å². The summed E-state index contributed by atoms with van der Waals surface area (Å²) in [6.07, 6.45) is 2.38. The number of allylic oxidation sites excluding steroid dienone is 1. The van der Waals surface area contributed by atoms with E-state index >= 15 is 0 Å². The molecule has 1 heterocycles. The molecule has 0 saturated carbocycles. The Morgan fingerprint density at radius 3 is 2.53 bits per heavy atom. The zero-order valence-electron chi connectivity index (χ0n) is 10.9. The predicted molar refractivity (Wildman–Crippen MR) is 68.2 cm³/mol. The number of pyridine rings is 1. The highest BCUT2D eigenvalue weighted by molar-refractivity contribution is 6.08. The maximum Gasteiger partial charge on any atom is 0.327 e. The first-order chi connectivity index (χ1) is 9.07. The average molecular weight is 261 g/mol. The highest BCUT2D eigenvalue weighted by atomic mass is 16.5. The van der Waals surface area contributed by atoms with Gasteiger partial charge in [-0.05, 0) is 24.5 Å². The molecule has 19 heavy (non-hydrogen) atoms. The molecule has 0 saturated heterocycles. The van der Waals surface area contributed by atoms with Gasteiger partial charge in [-0.25, -0.2) is 0 Å². The van der Waals surface area contributed by atoms with E-state index in [2.05, 4.69) is 11.6 Å². The maximum absolute atomic E-state index is 12.2. The van der Waals surface area contributed by atoms with E-state index < -0.39 is 17.4 Å². The van der Waals surface area contributed by atoms with E-state index in [4.69, 9.17) is 9.47 Å². The van der Waals surface area contributed by atoms with E-state index in [1.165, 1.54) is 14.2 Å². The van der Waals surface area contributed by atoms with Gasteiger partial charge in [0.1, 0.15) is 0 Å². The van der Waals surface area contributed by atoms with E-state index in [1.54, 1.807) is 18.3 Å². The smallest absolute Gasteiger partial charge is 0.327 e. The van der Waals surface area contributed by atoms with Gasteiger partial charge in [-0.3, -0.25) is 14.6 Å². The second-order valence-corrected chi connectivity index (χ2v) is 4.39. The van der Waals surface area contributed by atoms with Crippen molar-refractivity contribution >= 4 is 17.5 Å². The molecule has 0 spiro atoms. The first-order valence-electron chi connectivity index (χ1n) is 5.88.